The van der Waals surface area contributed by atoms with Crippen LogP contribution in [-0.4, -0.2) is 73.5 Å². The van der Waals surface area contributed by atoms with Crippen molar-refractivity contribution < 1.29 is 19.1 Å². The second-order valence-corrected chi connectivity index (χ2v) is 9.17. The number of amides is 2. The molecule has 1 aliphatic rings. The average molecular weight is 495 g/mol. The Morgan fingerprint density at radius 3 is 2.60 bits per heavy atom. The summed E-state index contributed by atoms with van der Waals surface area (Å²) in [6.45, 7) is 5.56. The minimum Gasteiger partial charge on any atom is -0.495 e. The minimum absolute atomic E-state index is 0.0478. The third kappa shape index (κ3) is 5.98. The molecular weight excluding hydrogens is 464 g/mol. The summed E-state index contributed by atoms with van der Waals surface area (Å²) < 4.78 is 11.1. The van der Waals surface area contributed by atoms with Crippen molar-refractivity contribution >= 4 is 28.8 Å². The van der Waals surface area contributed by atoms with Crippen molar-refractivity contribution in [1.82, 2.24) is 14.8 Å². The minimum atomic E-state index is -0.234. The number of rotatable bonds is 8. The highest BCUT2D eigenvalue weighted by Crippen LogP contribution is 2.32. The molecule has 0 radical (unpaired) electrons. The summed E-state index contributed by atoms with van der Waals surface area (Å²) in [5.41, 5.74) is 2.56. The molecule has 0 saturated carbocycles. The maximum absolute atomic E-state index is 13.0. The SMILES string of the molecule is CCOc1ccccc1-c1nc(CC(=O)Nc2cc(C(=O)N3CCN(C)CC3)ccc2OC)cs1. The van der Waals surface area contributed by atoms with Crippen LogP contribution in [0, 0.1) is 0 Å². The molecule has 2 amide bonds. The van der Waals surface area contributed by atoms with Gasteiger partial charge in [0, 0.05) is 37.1 Å². The molecule has 0 aliphatic carbocycles. The third-order valence-electron chi connectivity index (χ3n) is 5.82. The molecule has 1 N–H and O–H groups in total. The Labute approximate surface area is 209 Å². The highest BCUT2D eigenvalue weighted by Gasteiger charge is 2.22. The van der Waals surface area contributed by atoms with E-state index in [4.69, 9.17) is 9.47 Å². The first kappa shape index (κ1) is 24.7. The van der Waals surface area contributed by atoms with Crippen LogP contribution >= 0.6 is 11.3 Å². The number of benzene rings is 2. The number of carbonyl (C=O) groups excluding carboxylic acids is 2. The van der Waals surface area contributed by atoms with Gasteiger partial charge in [-0.1, -0.05) is 12.1 Å². The first-order valence-electron chi connectivity index (χ1n) is 11.6. The van der Waals surface area contributed by atoms with E-state index in [1.807, 2.05) is 48.5 Å². The summed E-state index contributed by atoms with van der Waals surface area (Å²) in [5, 5.41) is 5.57. The lowest BCUT2D eigenvalue weighted by atomic mass is 10.1. The van der Waals surface area contributed by atoms with Crippen molar-refractivity contribution in [1.29, 1.82) is 0 Å². The summed E-state index contributed by atoms with van der Waals surface area (Å²) in [6.07, 6.45) is 0.104. The molecule has 1 saturated heterocycles. The molecule has 2 aromatic carbocycles. The van der Waals surface area contributed by atoms with Crippen molar-refractivity contribution in [3.8, 4) is 22.1 Å². The number of aromatic nitrogens is 1. The number of hydrogen-bond donors (Lipinski definition) is 1. The van der Waals surface area contributed by atoms with E-state index in [0.29, 0.717) is 42.4 Å². The first-order chi connectivity index (χ1) is 17.0. The van der Waals surface area contributed by atoms with Gasteiger partial charge in [0.05, 0.1) is 37.1 Å². The smallest absolute Gasteiger partial charge is 0.254 e. The number of carbonyl (C=O) groups is 2. The average Bonchev–Trinajstić information content (AvgIpc) is 3.32. The number of piperazine rings is 1. The van der Waals surface area contributed by atoms with Crippen LogP contribution in [0.15, 0.2) is 47.8 Å². The number of methoxy groups -OCH3 is 1. The van der Waals surface area contributed by atoms with Gasteiger partial charge in [-0.3, -0.25) is 9.59 Å². The van der Waals surface area contributed by atoms with Crippen LogP contribution in [0.3, 0.4) is 0 Å². The summed E-state index contributed by atoms with van der Waals surface area (Å²) in [5.74, 6) is 0.987. The van der Waals surface area contributed by atoms with E-state index in [2.05, 4.69) is 15.2 Å². The lowest BCUT2D eigenvalue weighted by Crippen LogP contribution is -2.47. The summed E-state index contributed by atoms with van der Waals surface area (Å²) in [6, 6.07) is 12.9. The van der Waals surface area contributed by atoms with Crippen molar-refractivity contribution in [3.63, 3.8) is 0 Å². The zero-order chi connectivity index (χ0) is 24.8. The molecule has 1 aromatic heterocycles. The zero-order valence-electron chi connectivity index (χ0n) is 20.2. The molecule has 9 heteroatoms. The number of anilines is 1. The van der Waals surface area contributed by atoms with Crippen LogP contribution in [0.25, 0.3) is 10.6 Å². The number of likely N-dealkylation sites (N-methyl/N-ethyl adjacent to an activating group) is 1. The molecule has 0 atom stereocenters. The van der Waals surface area contributed by atoms with Gasteiger partial charge >= 0.3 is 0 Å². The van der Waals surface area contributed by atoms with Gasteiger partial charge in [-0.25, -0.2) is 4.98 Å². The van der Waals surface area contributed by atoms with Crippen LogP contribution in [-0.2, 0) is 11.2 Å². The molecule has 2 heterocycles. The molecular formula is C26H30N4O4S. The van der Waals surface area contributed by atoms with Gasteiger partial charge in [-0.05, 0) is 44.3 Å². The molecule has 0 spiro atoms. The Balaban J connectivity index is 1.45. The lowest BCUT2D eigenvalue weighted by molar-refractivity contribution is -0.115. The fourth-order valence-electron chi connectivity index (χ4n) is 3.93. The predicted octanol–water partition coefficient (Wildman–Crippen LogP) is 3.79. The van der Waals surface area contributed by atoms with Crippen molar-refractivity contribution in [3.05, 3.63) is 59.1 Å². The molecule has 8 nitrogen and oxygen atoms in total. The van der Waals surface area contributed by atoms with E-state index in [-0.39, 0.29) is 18.2 Å². The van der Waals surface area contributed by atoms with Crippen molar-refractivity contribution in [2.75, 3.05) is 52.3 Å². The molecule has 0 unspecified atom stereocenters. The Kier molecular flexibility index (Phi) is 7.99. The standard InChI is InChI=1S/C26H30N4O4S/c1-4-34-22-8-6-5-7-20(22)25-27-19(17-35-25)16-24(31)28-21-15-18(9-10-23(21)33-3)26(32)30-13-11-29(2)12-14-30/h5-10,15,17H,4,11-14,16H2,1-3H3,(H,28,31). The van der Waals surface area contributed by atoms with Crippen LogP contribution in [0.5, 0.6) is 11.5 Å². The Bertz CT molecular complexity index is 1190. The van der Waals surface area contributed by atoms with Gasteiger partial charge in [0.25, 0.3) is 5.91 Å². The lowest BCUT2D eigenvalue weighted by Gasteiger charge is -2.32. The normalized spacial score (nSPS) is 14.0. The van der Waals surface area contributed by atoms with Crippen molar-refractivity contribution in [2.24, 2.45) is 0 Å². The molecule has 1 aliphatic heterocycles. The fourth-order valence-corrected chi connectivity index (χ4v) is 4.78. The van der Waals surface area contributed by atoms with Gasteiger partial charge < -0.3 is 24.6 Å². The van der Waals surface area contributed by atoms with Gasteiger partial charge in [-0.15, -0.1) is 11.3 Å². The molecule has 1 fully saturated rings. The Morgan fingerprint density at radius 1 is 1.09 bits per heavy atom. The summed E-state index contributed by atoms with van der Waals surface area (Å²) in [7, 11) is 3.58. The van der Waals surface area contributed by atoms with E-state index < -0.39 is 0 Å². The van der Waals surface area contributed by atoms with Crippen molar-refractivity contribution in [2.45, 2.75) is 13.3 Å². The zero-order valence-corrected chi connectivity index (χ0v) is 21.1. The molecule has 3 aromatic rings. The number of ether oxygens (including phenoxy) is 2. The number of hydrogen-bond acceptors (Lipinski definition) is 7. The second-order valence-electron chi connectivity index (χ2n) is 8.31. The quantitative estimate of drug-likeness (QED) is 0.513. The van der Waals surface area contributed by atoms with E-state index in [1.54, 1.807) is 18.2 Å². The molecule has 0 bridgehead atoms. The molecule has 35 heavy (non-hydrogen) atoms. The number of nitrogens with one attached hydrogen (secondary N) is 1. The Hall–Kier alpha value is -3.43. The molecule has 4 rings (SSSR count). The highest BCUT2D eigenvalue weighted by molar-refractivity contribution is 7.13. The van der Waals surface area contributed by atoms with Crippen LogP contribution < -0.4 is 14.8 Å². The predicted molar refractivity (Wildman–Crippen MR) is 137 cm³/mol. The van der Waals surface area contributed by atoms with Crippen LogP contribution in [0.1, 0.15) is 23.0 Å². The number of nitrogens with zero attached hydrogens (tertiary/aromatic N) is 3. The maximum atomic E-state index is 13.0. The largest absolute Gasteiger partial charge is 0.495 e. The second kappa shape index (κ2) is 11.3. The third-order valence-corrected chi connectivity index (χ3v) is 6.75. The van der Waals surface area contributed by atoms with Gasteiger partial charge in [0.2, 0.25) is 5.91 Å². The number of para-hydroxylation sites is 1. The number of thiazole rings is 1. The summed E-state index contributed by atoms with van der Waals surface area (Å²) in [4.78, 5) is 34.5. The highest BCUT2D eigenvalue weighted by atomic mass is 32.1. The van der Waals surface area contributed by atoms with E-state index in [0.717, 1.165) is 29.4 Å². The topological polar surface area (TPSA) is 84.0 Å². The summed E-state index contributed by atoms with van der Waals surface area (Å²) >= 11 is 1.47. The van der Waals surface area contributed by atoms with Crippen LogP contribution in [0.2, 0.25) is 0 Å². The van der Waals surface area contributed by atoms with Gasteiger partial charge in [0.1, 0.15) is 16.5 Å². The fraction of sp³-hybridized carbons (Fsp3) is 0.346. The van der Waals surface area contributed by atoms with Gasteiger partial charge in [-0.2, -0.15) is 0 Å². The van der Waals surface area contributed by atoms with E-state index >= 15 is 0 Å². The van der Waals surface area contributed by atoms with E-state index in [1.165, 1.54) is 18.4 Å². The maximum Gasteiger partial charge on any atom is 0.254 e. The van der Waals surface area contributed by atoms with Gasteiger partial charge in [0.15, 0.2) is 0 Å². The molecule has 184 valence electrons. The van der Waals surface area contributed by atoms with E-state index in [9.17, 15) is 9.59 Å². The first-order valence-corrected chi connectivity index (χ1v) is 12.5. The van der Waals surface area contributed by atoms with Crippen LogP contribution in [0.4, 0.5) is 5.69 Å². The Morgan fingerprint density at radius 2 is 1.86 bits per heavy atom. The monoisotopic (exact) mass is 494 g/mol.